The van der Waals surface area contributed by atoms with Crippen molar-refractivity contribution in [3.8, 4) is 0 Å². The summed E-state index contributed by atoms with van der Waals surface area (Å²) < 4.78 is 24.9. The lowest BCUT2D eigenvalue weighted by Crippen LogP contribution is -2.53. The van der Waals surface area contributed by atoms with Crippen molar-refractivity contribution in [3.63, 3.8) is 0 Å². The molecule has 2 nitrogen and oxygen atoms in total. The fourth-order valence-corrected chi connectivity index (χ4v) is 0.847. The van der Waals surface area contributed by atoms with E-state index in [2.05, 4.69) is 5.32 Å². The van der Waals surface area contributed by atoms with Gasteiger partial charge in [-0.1, -0.05) is 0 Å². The minimum Gasteiger partial charge on any atom is -0.322 e. The summed E-state index contributed by atoms with van der Waals surface area (Å²) >= 11 is 0. The maximum absolute atomic E-state index is 12.4. The Morgan fingerprint density at radius 3 is 2.56 bits per heavy atom. The van der Waals surface area contributed by atoms with Crippen molar-refractivity contribution in [2.24, 2.45) is 5.73 Å². The number of halogens is 2. The molecule has 1 saturated heterocycles. The van der Waals surface area contributed by atoms with Crippen LogP contribution in [-0.2, 0) is 0 Å². The van der Waals surface area contributed by atoms with Gasteiger partial charge in [0.25, 0.3) is 5.92 Å². The summed E-state index contributed by atoms with van der Waals surface area (Å²) in [4.78, 5) is 0. The molecule has 0 amide bonds. The molecular formula is C5H10F2N2. The van der Waals surface area contributed by atoms with Crippen molar-refractivity contribution in [2.75, 3.05) is 13.1 Å². The third-order valence-electron chi connectivity index (χ3n) is 1.54. The van der Waals surface area contributed by atoms with Crippen molar-refractivity contribution in [1.82, 2.24) is 5.32 Å². The van der Waals surface area contributed by atoms with Crippen LogP contribution < -0.4 is 11.1 Å². The fraction of sp³-hybridized carbons (Fsp3) is 1.00. The molecule has 1 rings (SSSR count). The van der Waals surface area contributed by atoms with Crippen LogP contribution in [0.3, 0.4) is 0 Å². The second-order valence-corrected chi connectivity index (χ2v) is 2.32. The molecule has 0 spiro atoms. The number of rotatable bonds is 0. The molecular weight excluding hydrogens is 126 g/mol. The summed E-state index contributed by atoms with van der Waals surface area (Å²) in [6.45, 7) is 0.605. The molecule has 4 heteroatoms. The van der Waals surface area contributed by atoms with Crippen molar-refractivity contribution in [1.29, 1.82) is 0 Å². The Hall–Kier alpha value is -0.220. The first-order chi connectivity index (χ1) is 4.13. The van der Waals surface area contributed by atoms with Gasteiger partial charge in [-0.2, -0.15) is 0 Å². The van der Waals surface area contributed by atoms with Crippen LogP contribution in [0.4, 0.5) is 8.78 Å². The predicted octanol–water partition coefficient (Wildman–Crippen LogP) is -0.0577. The monoisotopic (exact) mass is 136 g/mol. The number of alkyl halides is 2. The SMILES string of the molecule is N[C@@H]1CNCCC1(F)F. The first-order valence-corrected chi connectivity index (χ1v) is 2.97. The zero-order chi connectivity index (χ0) is 6.91. The van der Waals surface area contributed by atoms with Gasteiger partial charge in [-0.15, -0.1) is 0 Å². The third kappa shape index (κ3) is 1.37. The smallest absolute Gasteiger partial charge is 0.265 e. The average molecular weight is 136 g/mol. The molecule has 0 aromatic heterocycles. The predicted molar refractivity (Wildman–Crippen MR) is 30.4 cm³/mol. The summed E-state index contributed by atoms with van der Waals surface area (Å²) in [5, 5.41) is 2.79. The number of hydrogen-bond donors (Lipinski definition) is 2. The van der Waals surface area contributed by atoms with Crippen LogP contribution >= 0.6 is 0 Å². The zero-order valence-electron chi connectivity index (χ0n) is 5.03. The van der Waals surface area contributed by atoms with Gasteiger partial charge in [-0.25, -0.2) is 8.78 Å². The summed E-state index contributed by atoms with van der Waals surface area (Å²) in [5.74, 6) is -2.65. The summed E-state index contributed by atoms with van der Waals surface area (Å²) in [7, 11) is 0. The number of nitrogens with one attached hydrogen (secondary N) is 1. The van der Waals surface area contributed by atoms with Crippen LogP contribution in [0, 0.1) is 0 Å². The molecule has 0 radical (unpaired) electrons. The van der Waals surface area contributed by atoms with E-state index in [1.165, 1.54) is 0 Å². The van der Waals surface area contributed by atoms with Crippen molar-refractivity contribution < 1.29 is 8.78 Å². The molecule has 0 aromatic rings. The Labute approximate surface area is 52.4 Å². The van der Waals surface area contributed by atoms with Crippen LogP contribution in [0.2, 0.25) is 0 Å². The van der Waals surface area contributed by atoms with Gasteiger partial charge in [0.05, 0.1) is 6.04 Å². The van der Waals surface area contributed by atoms with Gasteiger partial charge in [0.1, 0.15) is 0 Å². The van der Waals surface area contributed by atoms with E-state index >= 15 is 0 Å². The molecule has 0 aliphatic carbocycles. The standard InChI is InChI=1S/C5H10F2N2/c6-5(7)1-2-9-3-4(5)8/h4,9H,1-3,8H2/t4-/m1/s1. The van der Waals surface area contributed by atoms with Crippen molar-refractivity contribution >= 4 is 0 Å². The minimum absolute atomic E-state index is 0.131. The van der Waals surface area contributed by atoms with Gasteiger partial charge in [0, 0.05) is 19.5 Å². The highest BCUT2D eigenvalue weighted by Crippen LogP contribution is 2.22. The van der Waals surface area contributed by atoms with Crippen LogP contribution in [0.5, 0.6) is 0 Å². The first-order valence-electron chi connectivity index (χ1n) is 2.97. The molecule has 0 unspecified atom stereocenters. The largest absolute Gasteiger partial charge is 0.322 e. The van der Waals surface area contributed by atoms with E-state index in [4.69, 9.17) is 5.73 Å². The van der Waals surface area contributed by atoms with Crippen LogP contribution in [0.15, 0.2) is 0 Å². The average Bonchev–Trinajstić information content (AvgIpc) is 1.77. The summed E-state index contributed by atoms with van der Waals surface area (Å²) in [5.41, 5.74) is 5.10. The van der Waals surface area contributed by atoms with Crippen LogP contribution in [-0.4, -0.2) is 25.1 Å². The Bertz CT molecular complexity index is 105. The number of piperidine rings is 1. The van der Waals surface area contributed by atoms with Crippen LogP contribution in [0.1, 0.15) is 6.42 Å². The van der Waals surface area contributed by atoms with Crippen molar-refractivity contribution in [2.45, 2.75) is 18.4 Å². The molecule has 0 saturated carbocycles. The number of hydrogen-bond acceptors (Lipinski definition) is 2. The van der Waals surface area contributed by atoms with E-state index in [1.54, 1.807) is 0 Å². The molecule has 1 aliphatic heterocycles. The maximum Gasteiger partial charge on any atom is 0.265 e. The lowest BCUT2D eigenvalue weighted by Gasteiger charge is -2.28. The Kier molecular flexibility index (Phi) is 1.68. The van der Waals surface area contributed by atoms with Gasteiger partial charge in [0.15, 0.2) is 0 Å². The van der Waals surface area contributed by atoms with Gasteiger partial charge in [0.2, 0.25) is 0 Å². The Balaban J connectivity index is 2.49. The van der Waals surface area contributed by atoms with Gasteiger partial charge >= 0.3 is 0 Å². The summed E-state index contributed by atoms with van der Waals surface area (Å²) in [6.07, 6.45) is -0.131. The minimum atomic E-state index is -2.65. The lowest BCUT2D eigenvalue weighted by atomic mass is 10.0. The van der Waals surface area contributed by atoms with E-state index < -0.39 is 12.0 Å². The second-order valence-electron chi connectivity index (χ2n) is 2.32. The third-order valence-corrected chi connectivity index (χ3v) is 1.54. The van der Waals surface area contributed by atoms with Crippen LogP contribution in [0.25, 0.3) is 0 Å². The fourth-order valence-electron chi connectivity index (χ4n) is 0.847. The zero-order valence-corrected chi connectivity index (χ0v) is 5.03. The van der Waals surface area contributed by atoms with E-state index in [1.807, 2.05) is 0 Å². The van der Waals surface area contributed by atoms with Gasteiger partial charge in [-0.3, -0.25) is 0 Å². The number of nitrogens with two attached hydrogens (primary N) is 1. The topological polar surface area (TPSA) is 38.0 Å². The van der Waals surface area contributed by atoms with E-state index in [-0.39, 0.29) is 13.0 Å². The molecule has 0 bridgehead atoms. The van der Waals surface area contributed by atoms with E-state index in [0.29, 0.717) is 6.54 Å². The highest BCUT2D eigenvalue weighted by atomic mass is 19.3. The van der Waals surface area contributed by atoms with E-state index in [0.717, 1.165) is 0 Å². The lowest BCUT2D eigenvalue weighted by molar-refractivity contribution is -0.0448. The Morgan fingerprint density at radius 1 is 1.56 bits per heavy atom. The molecule has 54 valence electrons. The van der Waals surface area contributed by atoms with Gasteiger partial charge in [-0.05, 0) is 0 Å². The maximum atomic E-state index is 12.4. The van der Waals surface area contributed by atoms with Gasteiger partial charge < -0.3 is 11.1 Å². The molecule has 1 fully saturated rings. The second kappa shape index (κ2) is 2.19. The molecule has 1 atom stereocenters. The highest BCUT2D eigenvalue weighted by Gasteiger charge is 2.38. The van der Waals surface area contributed by atoms with E-state index in [9.17, 15) is 8.78 Å². The summed E-state index contributed by atoms with van der Waals surface area (Å²) in [6, 6.07) is -0.994. The highest BCUT2D eigenvalue weighted by molar-refractivity contribution is 4.86. The molecule has 0 aromatic carbocycles. The normalized spacial score (nSPS) is 34.3. The quantitative estimate of drug-likeness (QED) is 0.489. The molecule has 3 N–H and O–H groups in total. The van der Waals surface area contributed by atoms with Crippen molar-refractivity contribution in [3.05, 3.63) is 0 Å². The molecule has 1 aliphatic rings. The molecule has 9 heavy (non-hydrogen) atoms. The first kappa shape index (κ1) is 6.89. The Morgan fingerprint density at radius 2 is 2.22 bits per heavy atom. The molecule has 1 heterocycles.